The minimum atomic E-state index is -4.61. The molecular weight excluding hydrogens is 555 g/mol. The average Bonchev–Trinajstić information content (AvgIpc) is 3.51. The SMILES string of the molecule is Cn1cc(-c2cc(C(C)(C)O)ccc2Oc2ccc(F)cc2F)c2sc(C(=O)NC3(C(F)(F)F)CC3)cc2c1=O. The first kappa shape index (κ1) is 27.8. The molecule has 4 aromatic rings. The Hall–Kier alpha value is -3.77. The first-order valence-electron chi connectivity index (χ1n) is 12.1. The third-order valence-corrected chi connectivity index (χ3v) is 7.98. The summed E-state index contributed by atoms with van der Waals surface area (Å²) in [5.74, 6) is -2.92. The van der Waals surface area contributed by atoms with Gasteiger partial charge in [-0.3, -0.25) is 9.59 Å². The van der Waals surface area contributed by atoms with Gasteiger partial charge < -0.3 is 19.7 Å². The van der Waals surface area contributed by atoms with E-state index >= 15 is 0 Å². The van der Waals surface area contributed by atoms with Gasteiger partial charge in [0.1, 0.15) is 17.1 Å². The number of hydrogen-bond acceptors (Lipinski definition) is 5. The minimum absolute atomic E-state index is 0.0829. The molecule has 1 saturated carbocycles. The Bertz CT molecular complexity index is 1710. The van der Waals surface area contributed by atoms with E-state index in [-0.39, 0.29) is 39.3 Å². The minimum Gasteiger partial charge on any atom is -0.454 e. The normalized spacial score (nSPS) is 14.8. The lowest BCUT2D eigenvalue weighted by atomic mass is 9.94. The van der Waals surface area contributed by atoms with Gasteiger partial charge in [0.25, 0.3) is 11.5 Å². The van der Waals surface area contributed by atoms with Gasteiger partial charge in [0.2, 0.25) is 0 Å². The number of aryl methyl sites for hydroxylation is 1. The number of benzene rings is 2. The standard InChI is InChI=1S/C28H23F5N2O4S/c1-26(2,38)14-4-6-20(39-21-7-5-15(29)11-19(21)30)16(10-14)18-13-35(3)25(37)17-12-22(40-23(17)18)24(36)34-27(8-9-27)28(31,32)33/h4-7,10-13,38H,8-9H2,1-3H3,(H,34,36). The predicted molar refractivity (Wildman–Crippen MR) is 140 cm³/mol. The van der Waals surface area contributed by atoms with E-state index in [4.69, 9.17) is 4.74 Å². The highest BCUT2D eigenvalue weighted by Crippen LogP contribution is 2.49. The number of thiophene rings is 1. The third-order valence-electron chi connectivity index (χ3n) is 6.81. The van der Waals surface area contributed by atoms with Crippen molar-refractivity contribution in [3.63, 3.8) is 0 Å². The molecule has 5 rings (SSSR count). The molecule has 1 aliphatic carbocycles. The number of nitrogens with zero attached hydrogens (tertiary/aromatic N) is 1. The molecule has 0 atom stereocenters. The molecule has 40 heavy (non-hydrogen) atoms. The van der Waals surface area contributed by atoms with Gasteiger partial charge in [-0.15, -0.1) is 11.3 Å². The number of halogens is 5. The lowest BCUT2D eigenvalue weighted by molar-refractivity contribution is -0.163. The molecule has 1 amide bonds. The molecule has 0 saturated heterocycles. The van der Waals surface area contributed by atoms with Crippen LogP contribution in [0.3, 0.4) is 0 Å². The van der Waals surface area contributed by atoms with Crippen LogP contribution in [0.1, 0.15) is 41.9 Å². The average molecular weight is 579 g/mol. The molecule has 2 aromatic carbocycles. The summed E-state index contributed by atoms with van der Waals surface area (Å²) in [7, 11) is 1.46. The van der Waals surface area contributed by atoms with Gasteiger partial charge in [0.05, 0.1) is 20.6 Å². The van der Waals surface area contributed by atoms with Crippen molar-refractivity contribution < 1.29 is 36.6 Å². The van der Waals surface area contributed by atoms with E-state index in [1.165, 1.54) is 29.9 Å². The van der Waals surface area contributed by atoms with Crippen LogP contribution in [-0.4, -0.2) is 27.3 Å². The zero-order valence-corrected chi connectivity index (χ0v) is 22.3. The Labute approximate surface area is 228 Å². The molecule has 0 radical (unpaired) electrons. The molecule has 0 aliphatic heterocycles. The molecule has 6 nitrogen and oxygen atoms in total. The zero-order chi connectivity index (χ0) is 29.2. The molecule has 12 heteroatoms. The van der Waals surface area contributed by atoms with Crippen molar-refractivity contribution in [2.75, 3.05) is 0 Å². The summed E-state index contributed by atoms with van der Waals surface area (Å²) in [6.45, 7) is 3.09. The van der Waals surface area contributed by atoms with Gasteiger partial charge in [-0.2, -0.15) is 13.2 Å². The summed E-state index contributed by atoms with van der Waals surface area (Å²) in [6.07, 6.45) is -3.62. The van der Waals surface area contributed by atoms with Crippen molar-refractivity contribution >= 4 is 27.3 Å². The molecule has 0 bridgehead atoms. The summed E-state index contributed by atoms with van der Waals surface area (Å²) in [5.41, 5.74) is -3.00. The van der Waals surface area contributed by atoms with Gasteiger partial charge in [-0.1, -0.05) is 6.07 Å². The second-order valence-corrected chi connectivity index (χ2v) is 11.3. The van der Waals surface area contributed by atoms with E-state index in [0.717, 1.165) is 23.5 Å². The Balaban J connectivity index is 1.67. The number of carbonyl (C=O) groups is 1. The van der Waals surface area contributed by atoms with Crippen LogP contribution in [-0.2, 0) is 12.6 Å². The highest BCUT2D eigenvalue weighted by atomic mass is 32.1. The van der Waals surface area contributed by atoms with E-state index < -0.39 is 40.4 Å². The second-order valence-electron chi connectivity index (χ2n) is 10.3. The Morgan fingerprint density at radius 1 is 1.05 bits per heavy atom. The number of aromatic nitrogens is 1. The van der Waals surface area contributed by atoms with Crippen molar-refractivity contribution in [1.82, 2.24) is 9.88 Å². The summed E-state index contributed by atoms with van der Waals surface area (Å²) in [6, 6.07) is 8.62. The Morgan fingerprint density at radius 3 is 2.33 bits per heavy atom. The van der Waals surface area contributed by atoms with Crippen LogP contribution in [0.15, 0.2) is 53.5 Å². The van der Waals surface area contributed by atoms with Crippen LogP contribution in [0, 0.1) is 11.6 Å². The number of rotatable bonds is 6. The summed E-state index contributed by atoms with van der Waals surface area (Å²) in [5, 5.41) is 12.8. The fourth-order valence-electron chi connectivity index (χ4n) is 4.32. The molecule has 2 heterocycles. The highest BCUT2D eigenvalue weighted by Gasteiger charge is 2.64. The van der Waals surface area contributed by atoms with E-state index in [1.54, 1.807) is 26.0 Å². The second kappa shape index (κ2) is 9.41. The molecule has 210 valence electrons. The fraction of sp³-hybridized carbons (Fsp3) is 0.286. The van der Waals surface area contributed by atoms with Crippen molar-refractivity contribution in [3.8, 4) is 22.6 Å². The monoisotopic (exact) mass is 578 g/mol. The Morgan fingerprint density at radius 2 is 1.73 bits per heavy atom. The number of carbonyl (C=O) groups excluding carboxylic acids is 1. The van der Waals surface area contributed by atoms with Crippen LogP contribution >= 0.6 is 11.3 Å². The molecule has 0 unspecified atom stereocenters. The third kappa shape index (κ3) is 4.97. The number of nitrogens with one attached hydrogen (secondary N) is 1. The largest absolute Gasteiger partial charge is 0.454 e. The lowest BCUT2D eigenvalue weighted by Crippen LogP contribution is -2.47. The number of ether oxygens (including phenoxy) is 1. The Kier molecular flexibility index (Phi) is 6.54. The molecule has 1 aliphatic rings. The van der Waals surface area contributed by atoms with Crippen molar-refractivity contribution in [3.05, 3.63) is 81.1 Å². The van der Waals surface area contributed by atoms with E-state index in [1.807, 2.05) is 0 Å². The summed E-state index contributed by atoms with van der Waals surface area (Å²) >= 11 is 0.828. The lowest BCUT2D eigenvalue weighted by Gasteiger charge is -2.21. The van der Waals surface area contributed by atoms with Crippen LogP contribution in [0.4, 0.5) is 22.0 Å². The first-order valence-corrected chi connectivity index (χ1v) is 12.9. The number of hydrogen-bond donors (Lipinski definition) is 2. The van der Waals surface area contributed by atoms with E-state index in [2.05, 4.69) is 5.32 Å². The van der Waals surface area contributed by atoms with Crippen LogP contribution in [0.25, 0.3) is 21.2 Å². The topological polar surface area (TPSA) is 80.6 Å². The van der Waals surface area contributed by atoms with Crippen molar-refractivity contribution in [1.29, 1.82) is 0 Å². The van der Waals surface area contributed by atoms with Crippen LogP contribution in [0.2, 0.25) is 0 Å². The zero-order valence-electron chi connectivity index (χ0n) is 21.5. The molecule has 0 spiro atoms. The predicted octanol–water partition coefficient (Wildman–Crippen LogP) is 6.39. The van der Waals surface area contributed by atoms with Gasteiger partial charge in [0, 0.05) is 30.4 Å². The van der Waals surface area contributed by atoms with Crippen LogP contribution in [0.5, 0.6) is 11.5 Å². The summed E-state index contributed by atoms with van der Waals surface area (Å²) in [4.78, 5) is 25.8. The van der Waals surface area contributed by atoms with Gasteiger partial charge in [0.15, 0.2) is 11.6 Å². The number of alkyl halides is 3. The number of pyridine rings is 1. The fourth-order valence-corrected chi connectivity index (χ4v) is 5.39. The van der Waals surface area contributed by atoms with Gasteiger partial charge in [-0.05, 0) is 62.6 Å². The van der Waals surface area contributed by atoms with Crippen molar-refractivity contribution in [2.24, 2.45) is 7.05 Å². The number of aliphatic hydroxyl groups is 1. The number of amides is 1. The van der Waals surface area contributed by atoms with E-state index in [9.17, 15) is 36.6 Å². The van der Waals surface area contributed by atoms with Gasteiger partial charge in [-0.25, -0.2) is 8.78 Å². The van der Waals surface area contributed by atoms with Gasteiger partial charge >= 0.3 is 6.18 Å². The maximum atomic E-state index is 14.5. The summed E-state index contributed by atoms with van der Waals surface area (Å²) < 4.78 is 75.5. The van der Waals surface area contributed by atoms with Crippen LogP contribution < -0.4 is 15.6 Å². The number of fused-ring (bicyclic) bond motifs is 1. The first-order chi connectivity index (χ1) is 18.6. The maximum Gasteiger partial charge on any atom is 0.411 e. The smallest absolute Gasteiger partial charge is 0.411 e. The van der Waals surface area contributed by atoms with E-state index in [0.29, 0.717) is 22.8 Å². The van der Waals surface area contributed by atoms with Crippen molar-refractivity contribution in [2.45, 2.75) is 44.0 Å². The highest BCUT2D eigenvalue weighted by molar-refractivity contribution is 7.21. The quantitative estimate of drug-likeness (QED) is 0.260. The molecule has 2 aromatic heterocycles. The molecule has 1 fully saturated rings. The molecule has 2 N–H and O–H groups in total. The molecular formula is C28H23F5N2O4S. The maximum absolute atomic E-state index is 14.5.